The predicted octanol–water partition coefficient (Wildman–Crippen LogP) is 3.82. The Bertz CT molecular complexity index is 256. The molecule has 2 aliphatic carbocycles. The third-order valence-electron chi connectivity index (χ3n) is 4.72. The predicted molar refractivity (Wildman–Crippen MR) is 62.6 cm³/mol. The molecule has 0 N–H and O–H groups in total. The molecular formula is C14H24O. The molecule has 15 heavy (non-hydrogen) atoms. The van der Waals surface area contributed by atoms with Gasteiger partial charge in [0.25, 0.3) is 0 Å². The maximum Gasteiger partial charge on any atom is 0.135 e. The van der Waals surface area contributed by atoms with Crippen molar-refractivity contribution in [3.63, 3.8) is 0 Å². The van der Waals surface area contributed by atoms with Gasteiger partial charge in [-0.1, -0.05) is 20.8 Å². The van der Waals surface area contributed by atoms with Crippen LogP contribution >= 0.6 is 0 Å². The summed E-state index contributed by atoms with van der Waals surface area (Å²) in [7, 11) is 0. The van der Waals surface area contributed by atoms with Crippen LogP contribution in [0.4, 0.5) is 0 Å². The van der Waals surface area contributed by atoms with Gasteiger partial charge in [0.05, 0.1) is 0 Å². The monoisotopic (exact) mass is 208 g/mol. The van der Waals surface area contributed by atoms with Crippen molar-refractivity contribution in [1.82, 2.24) is 0 Å². The van der Waals surface area contributed by atoms with Gasteiger partial charge in [0, 0.05) is 12.3 Å². The summed E-state index contributed by atoms with van der Waals surface area (Å²) < 4.78 is 0. The fourth-order valence-electron chi connectivity index (χ4n) is 3.13. The van der Waals surface area contributed by atoms with Crippen molar-refractivity contribution in [3.8, 4) is 0 Å². The molecule has 2 saturated carbocycles. The van der Waals surface area contributed by atoms with Crippen LogP contribution in [0.1, 0.15) is 59.3 Å². The van der Waals surface area contributed by atoms with Crippen molar-refractivity contribution >= 4 is 5.78 Å². The van der Waals surface area contributed by atoms with Gasteiger partial charge in [-0.25, -0.2) is 0 Å². The SMILES string of the molecule is CC(C)C(=O)CCC1CCC2(C)CC2C1. The molecule has 3 atom stereocenters. The summed E-state index contributed by atoms with van der Waals surface area (Å²) in [6, 6.07) is 0. The molecule has 0 bridgehead atoms. The van der Waals surface area contributed by atoms with Crippen LogP contribution < -0.4 is 0 Å². The molecule has 86 valence electrons. The number of hydrogen-bond donors (Lipinski definition) is 0. The van der Waals surface area contributed by atoms with E-state index in [1.807, 2.05) is 13.8 Å². The Morgan fingerprint density at radius 2 is 2.20 bits per heavy atom. The molecule has 2 fully saturated rings. The molecule has 2 rings (SSSR count). The van der Waals surface area contributed by atoms with Crippen LogP contribution in [-0.2, 0) is 4.79 Å². The lowest BCUT2D eigenvalue weighted by atomic mass is 9.80. The lowest BCUT2D eigenvalue weighted by Crippen LogP contribution is -2.16. The fourth-order valence-corrected chi connectivity index (χ4v) is 3.13. The number of Topliss-reactive ketones (excluding diaryl/α,β-unsaturated/α-hetero) is 1. The van der Waals surface area contributed by atoms with Gasteiger partial charge < -0.3 is 0 Å². The van der Waals surface area contributed by atoms with Gasteiger partial charge in [0.15, 0.2) is 0 Å². The summed E-state index contributed by atoms with van der Waals surface area (Å²) in [6.07, 6.45) is 7.63. The molecule has 0 spiro atoms. The lowest BCUT2D eigenvalue weighted by molar-refractivity contribution is -0.122. The fraction of sp³-hybridized carbons (Fsp3) is 0.929. The highest BCUT2D eigenvalue weighted by Crippen LogP contribution is 2.62. The van der Waals surface area contributed by atoms with E-state index < -0.39 is 0 Å². The number of fused-ring (bicyclic) bond motifs is 1. The van der Waals surface area contributed by atoms with E-state index in [2.05, 4.69) is 6.92 Å². The van der Waals surface area contributed by atoms with E-state index in [4.69, 9.17) is 0 Å². The van der Waals surface area contributed by atoms with Crippen LogP contribution in [0.15, 0.2) is 0 Å². The van der Waals surface area contributed by atoms with Crippen LogP contribution in [0.25, 0.3) is 0 Å². The minimum atomic E-state index is 0.236. The first kappa shape index (κ1) is 11.2. The van der Waals surface area contributed by atoms with Gasteiger partial charge in [0.1, 0.15) is 5.78 Å². The molecule has 0 saturated heterocycles. The third-order valence-corrected chi connectivity index (χ3v) is 4.72. The zero-order chi connectivity index (χ0) is 11.1. The van der Waals surface area contributed by atoms with Crippen molar-refractivity contribution in [1.29, 1.82) is 0 Å². The van der Waals surface area contributed by atoms with Crippen LogP contribution in [-0.4, -0.2) is 5.78 Å². The Kier molecular flexibility index (Phi) is 2.92. The number of hydrogen-bond acceptors (Lipinski definition) is 1. The second-order valence-electron chi connectivity index (χ2n) is 6.36. The quantitative estimate of drug-likeness (QED) is 0.686. The van der Waals surface area contributed by atoms with Crippen molar-refractivity contribution in [2.24, 2.45) is 23.2 Å². The minimum absolute atomic E-state index is 0.236. The average molecular weight is 208 g/mol. The van der Waals surface area contributed by atoms with Gasteiger partial charge in [-0.15, -0.1) is 0 Å². The van der Waals surface area contributed by atoms with Crippen LogP contribution in [0.2, 0.25) is 0 Å². The van der Waals surface area contributed by atoms with Crippen molar-refractivity contribution < 1.29 is 4.79 Å². The van der Waals surface area contributed by atoms with Crippen molar-refractivity contribution in [2.45, 2.75) is 59.3 Å². The average Bonchev–Trinajstić information content (AvgIpc) is 2.85. The standard InChI is InChI=1S/C14H24O/c1-10(2)13(15)5-4-11-6-7-14(3)9-12(14)8-11/h10-12H,4-9H2,1-3H3. The molecule has 1 nitrogen and oxygen atoms in total. The van der Waals surface area contributed by atoms with Crippen molar-refractivity contribution in [2.75, 3.05) is 0 Å². The van der Waals surface area contributed by atoms with Gasteiger partial charge in [-0.2, -0.15) is 0 Å². The van der Waals surface area contributed by atoms with Crippen LogP contribution in [0, 0.1) is 23.2 Å². The van der Waals surface area contributed by atoms with Gasteiger partial charge in [-0.3, -0.25) is 4.79 Å². The molecule has 0 aliphatic heterocycles. The van der Waals surface area contributed by atoms with Crippen LogP contribution in [0.5, 0.6) is 0 Å². The van der Waals surface area contributed by atoms with Crippen molar-refractivity contribution in [3.05, 3.63) is 0 Å². The molecular weight excluding hydrogens is 184 g/mol. The maximum absolute atomic E-state index is 11.5. The first-order chi connectivity index (χ1) is 7.01. The van der Waals surface area contributed by atoms with E-state index in [9.17, 15) is 4.79 Å². The summed E-state index contributed by atoms with van der Waals surface area (Å²) in [4.78, 5) is 11.5. The highest BCUT2D eigenvalue weighted by atomic mass is 16.1. The highest BCUT2D eigenvalue weighted by Gasteiger charge is 2.52. The minimum Gasteiger partial charge on any atom is -0.299 e. The normalized spacial score (nSPS) is 38.9. The first-order valence-electron chi connectivity index (χ1n) is 6.54. The van der Waals surface area contributed by atoms with E-state index in [0.717, 1.165) is 30.1 Å². The number of ketones is 1. The maximum atomic E-state index is 11.5. The van der Waals surface area contributed by atoms with Crippen LogP contribution in [0.3, 0.4) is 0 Å². The largest absolute Gasteiger partial charge is 0.299 e. The summed E-state index contributed by atoms with van der Waals surface area (Å²) in [5, 5.41) is 0. The Hall–Kier alpha value is -0.330. The lowest BCUT2D eigenvalue weighted by Gasteiger charge is -2.25. The van der Waals surface area contributed by atoms with E-state index in [-0.39, 0.29) is 5.92 Å². The third kappa shape index (κ3) is 2.43. The smallest absolute Gasteiger partial charge is 0.135 e. The molecule has 0 aromatic carbocycles. The van der Waals surface area contributed by atoms with Gasteiger partial charge >= 0.3 is 0 Å². The number of carbonyl (C=O) groups excluding carboxylic acids is 1. The van der Waals surface area contributed by atoms with E-state index in [0.29, 0.717) is 5.78 Å². The Labute approximate surface area is 93.6 Å². The molecule has 2 aliphatic rings. The molecule has 0 amide bonds. The molecule has 0 aromatic heterocycles. The Balaban J connectivity index is 1.71. The molecule has 0 radical (unpaired) electrons. The number of rotatable bonds is 4. The zero-order valence-electron chi connectivity index (χ0n) is 10.4. The second-order valence-corrected chi connectivity index (χ2v) is 6.36. The summed E-state index contributed by atoms with van der Waals surface area (Å²) in [6.45, 7) is 6.47. The Morgan fingerprint density at radius 1 is 1.47 bits per heavy atom. The Morgan fingerprint density at radius 3 is 2.80 bits per heavy atom. The summed E-state index contributed by atoms with van der Waals surface area (Å²) >= 11 is 0. The molecule has 0 aromatic rings. The highest BCUT2D eigenvalue weighted by molar-refractivity contribution is 5.80. The number of carbonyl (C=O) groups is 1. The topological polar surface area (TPSA) is 17.1 Å². The summed E-state index contributed by atoms with van der Waals surface area (Å²) in [5.74, 6) is 2.55. The van der Waals surface area contributed by atoms with E-state index in [1.165, 1.54) is 25.7 Å². The first-order valence-corrected chi connectivity index (χ1v) is 6.54. The van der Waals surface area contributed by atoms with Gasteiger partial charge in [0.2, 0.25) is 0 Å². The van der Waals surface area contributed by atoms with E-state index >= 15 is 0 Å². The zero-order valence-corrected chi connectivity index (χ0v) is 10.4. The van der Waals surface area contributed by atoms with Gasteiger partial charge in [-0.05, 0) is 49.4 Å². The second kappa shape index (κ2) is 3.92. The molecule has 0 heterocycles. The van der Waals surface area contributed by atoms with E-state index in [1.54, 1.807) is 0 Å². The molecule has 3 unspecified atom stereocenters. The molecule has 1 heteroatoms. The summed E-state index contributed by atoms with van der Waals surface area (Å²) in [5.41, 5.74) is 0.721.